The van der Waals surface area contributed by atoms with Crippen molar-refractivity contribution in [2.75, 3.05) is 0 Å². The minimum absolute atomic E-state index is 0.106. The fourth-order valence-electron chi connectivity index (χ4n) is 2.08. The molecule has 1 rings (SSSR count). The highest BCUT2D eigenvalue weighted by Crippen LogP contribution is 2.13. The molecule has 0 spiro atoms. The first-order valence-electron chi connectivity index (χ1n) is 7.19. The molecule has 1 aromatic rings. The van der Waals surface area contributed by atoms with Crippen LogP contribution in [0.5, 0.6) is 0 Å². The highest BCUT2D eigenvalue weighted by molar-refractivity contribution is 5.96. The van der Waals surface area contributed by atoms with Crippen LogP contribution in [0.3, 0.4) is 0 Å². The van der Waals surface area contributed by atoms with Crippen molar-refractivity contribution in [2.24, 2.45) is 5.73 Å². The fourth-order valence-corrected chi connectivity index (χ4v) is 2.08. The van der Waals surface area contributed by atoms with Crippen molar-refractivity contribution in [3.8, 4) is 0 Å². The van der Waals surface area contributed by atoms with Gasteiger partial charge in [0.05, 0.1) is 12.7 Å². The van der Waals surface area contributed by atoms with Gasteiger partial charge < -0.3 is 10.5 Å². The van der Waals surface area contributed by atoms with Gasteiger partial charge in [0.15, 0.2) is 0 Å². The number of nitrogens with two attached hydrogens (primary N) is 1. The van der Waals surface area contributed by atoms with Crippen molar-refractivity contribution >= 4 is 5.84 Å². The minimum Gasteiger partial charge on any atom is -0.384 e. The summed E-state index contributed by atoms with van der Waals surface area (Å²) in [5.74, 6) is 0.106. The molecule has 0 radical (unpaired) electrons. The molecule has 0 aliphatic rings. The second kappa shape index (κ2) is 8.70. The lowest BCUT2D eigenvalue weighted by Crippen LogP contribution is -2.15. The third-order valence-electron chi connectivity index (χ3n) is 3.30. The predicted molar refractivity (Wildman–Crippen MR) is 80.5 cm³/mol. The molecule has 1 atom stereocenters. The van der Waals surface area contributed by atoms with E-state index < -0.39 is 0 Å². The molecular weight excluding hydrogens is 236 g/mol. The topological polar surface area (TPSA) is 59.1 Å². The maximum atomic E-state index is 7.54. The minimum atomic E-state index is 0.106. The Morgan fingerprint density at radius 3 is 2.68 bits per heavy atom. The molecule has 1 aromatic carbocycles. The number of benzene rings is 1. The molecule has 3 nitrogen and oxygen atoms in total. The normalized spacial score (nSPS) is 12.3. The number of ether oxygens (including phenoxy) is 1. The summed E-state index contributed by atoms with van der Waals surface area (Å²) < 4.78 is 5.85. The first-order chi connectivity index (χ1) is 9.15. The number of nitrogen functional groups attached to an aromatic ring is 1. The highest BCUT2D eigenvalue weighted by atomic mass is 16.5. The molecule has 0 aliphatic heterocycles. The van der Waals surface area contributed by atoms with Gasteiger partial charge in [-0.2, -0.15) is 0 Å². The smallest absolute Gasteiger partial charge is 0.123 e. The number of amidine groups is 1. The van der Waals surface area contributed by atoms with Crippen LogP contribution in [-0.4, -0.2) is 11.9 Å². The lowest BCUT2D eigenvalue weighted by molar-refractivity contribution is 0.0458. The SMILES string of the molecule is CCCCCCC(C)OCc1ccccc1C(=N)N. The summed E-state index contributed by atoms with van der Waals surface area (Å²) in [6.07, 6.45) is 6.44. The first-order valence-corrected chi connectivity index (χ1v) is 7.19. The Labute approximate surface area is 116 Å². The van der Waals surface area contributed by atoms with E-state index in [-0.39, 0.29) is 11.9 Å². The van der Waals surface area contributed by atoms with Crippen molar-refractivity contribution < 1.29 is 4.74 Å². The van der Waals surface area contributed by atoms with Crippen LogP contribution in [0.25, 0.3) is 0 Å². The molecule has 106 valence electrons. The Morgan fingerprint density at radius 1 is 1.26 bits per heavy atom. The Balaban J connectivity index is 2.37. The van der Waals surface area contributed by atoms with Crippen LogP contribution < -0.4 is 5.73 Å². The van der Waals surface area contributed by atoms with E-state index in [1.54, 1.807) is 0 Å². The Bertz CT molecular complexity index is 390. The van der Waals surface area contributed by atoms with E-state index in [4.69, 9.17) is 15.9 Å². The van der Waals surface area contributed by atoms with Gasteiger partial charge in [-0.1, -0.05) is 56.9 Å². The van der Waals surface area contributed by atoms with Gasteiger partial charge >= 0.3 is 0 Å². The van der Waals surface area contributed by atoms with Gasteiger partial charge in [0, 0.05) is 5.56 Å². The van der Waals surface area contributed by atoms with Crippen molar-refractivity contribution in [3.05, 3.63) is 35.4 Å². The fraction of sp³-hybridized carbons (Fsp3) is 0.562. The standard InChI is InChI=1S/C16H26N2O/c1-3-4-5-6-9-13(2)19-12-14-10-7-8-11-15(14)16(17)18/h7-8,10-11,13H,3-6,9,12H2,1-2H3,(H3,17,18). The summed E-state index contributed by atoms with van der Waals surface area (Å²) in [4.78, 5) is 0. The molecule has 1 unspecified atom stereocenters. The Hall–Kier alpha value is -1.35. The maximum Gasteiger partial charge on any atom is 0.123 e. The summed E-state index contributed by atoms with van der Waals surface area (Å²) in [6, 6.07) is 7.69. The molecule has 0 aromatic heterocycles. The average Bonchev–Trinajstić information content (AvgIpc) is 2.41. The van der Waals surface area contributed by atoms with Gasteiger partial charge in [-0.3, -0.25) is 5.41 Å². The molecule has 0 aliphatic carbocycles. The quantitative estimate of drug-likeness (QED) is 0.403. The summed E-state index contributed by atoms with van der Waals surface area (Å²) in [6.45, 7) is 4.87. The van der Waals surface area contributed by atoms with Crippen LogP contribution in [0, 0.1) is 5.41 Å². The number of nitrogens with one attached hydrogen (secondary N) is 1. The van der Waals surface area contributed by atoms with Gasteiger partial charge in [-0.25, -0.2) is 0 Å². The van der Waals surface area contributed by atoms with E-state index in [1.807, 2.05) is 24.3 Å². The molecule has 3 heteroatoms. The van der Waals surface area contributed by atoms with Crippen molar-refractivity contribution in [1.29, 1.82) is 5.41 Å². The maximum absolute atomic E-state index is 7.54. The van der Waals surface area contributed by atoms with Gasteiger partial charge in [-0.15, -0.1) is 0 Å². The average molecular weight is 262 g/mol. The van der Waals surface area contributed by atoms with Crippen LogP contribution in [-0.2, 0) is 11.3 Å². The molecular formula is C16H26N2O. The first kappa shape index (κ1) is 15.7. The molecule has 0 bridgehead atoms. The number of hydrogen-bond acceptors (Lipinski definition) is 2. The van der Waals surface area contributed by atoms with Crippen LogP contribution in [0.4, 0.5) is 0 Å². The largest absolute Gasteiger partial charge is 0.384 e. The summed E-state index contributed by atoms with van der Waals surface area (Å²) in [5, 5.41) is 7.54. The van der Waals surface area contributed by atoms with Crippen LogP contribution >= 0.6 is 0 Å². The second-order valence-electron chi connectivity index (χ2n) is 5.04. The molecule has 0 fully saturated rings. The van der Waals surface area contributed by atoms with Gasteiger partial charge in [-0.05, 0) is 18.9 Å². The number of unbranched alkanes of at least 4 members (excludes halogenated alkanes) is 3. The third kappa shape index (κ3) is 5.88. The highest BCUT2D eigenvalue weighted by Gasteiger charge is 2.07. The van der Waals surface area contributed by atoms with Crippen molar-refractivity contribution in [1.82, 2.24) is 0 Å². The van der Waals surface area contributed by atoms with Crippen LogP contribution in [0.1, 0.15) is 57.1 Å². The van der Waals surface area contributed by atoms with Crippen LogP contribution in [0.2, 0.25) is 0 Å². The zero-order valence-corrected chi connectivity index (χ0v) is 12.1. The number of hydrogen-bond donors (Lipinski definition) is 2. The van der Waals surface area contributed by atoms with E-state index in [9.17, 15) is 0 Å². The van der Waals surface area contributed by atoms with Crippen molar-refractivity contribution in [3.63, 3.8) is 0 Å². The Kier molecular flexibility index (Phi) is 7.19. The van der Waals surface area contributed by atoms with E-state index >= 15 is 0 Å². The molecule has 0 amide bonds. The summed E-state index contributed by atoms with van der Waals surface area (Å²) in [5.41, 5.74) is 7.34. The zero-order chi connectivity index (χ0) is 14.1. The summed E-state index contributed by atoms with van der Waals surface area (Å²) in [7, 11) is 0. The van der Waals surface area contributed by atoms with Gasteiger partial charge in [0.2, 0.25) is 0 Å². The molecule has 0 saturated heterocycles. The summed E-state index contributed by atoms with van der Waals surface area (Å²) >= 11 is 0. The van der Waals surface area contributed by atoms with Gasteiger partial charge in [0.1, 0.15) is 5.84 Å². The zero-order valence-electron chi connectivity index (χ0n) is 12.1. The number of rotatable bonds is 9. The van der Waals surface area contributed by atoms with E-state index in [0.717, 1.165) is 17.5 Å². The van der Waals surface area contributed by atoms with Gasteiger partial charge in [0.25, 0.3) is 0 Å². The Morgan fingerprint density at radius 2 is 2.00 bits per heavy atom. The lowest BCUT2D eigenvalue weighted by atomic mass is 10.1. The second-order valence-corrected chi connectivity index (χ2v) is 5.04. The molecule has 3 N–H and O–H groups in total. The monoisotopic (exact) mass is 262 g/mol. The van der Waals surface area contributed by atoms with Crippen LogP contribution in [0.15, 0.2) is 24.3 Å². The predicted octanol–water partition coefficient (Wildman–Crippen LogP) is 3.85. The van der Waals surface area contributed by atoms with E-state index in [2.05, 4.69) is 13.8 Å². The van der Waals surface area contributed by atoms with E-state index in [0.29, 0.717) is 6.61 Å². The molecule has 0 saturated carbocycles. The molecule has 19 heavy (non-hydrogen) atoms. The van der Waals surface area contributed by atoms with E-state index in [1.165, 1.54) is 25.7 Å². The van der Waals surface area contributed by atoms with Crippen molar-refractivity contribution in [2.45, 2.75) is 58.7 Å². The lowest BCUT2D eigenvalue weighted by Gasteiger charge is -2.14. The molecule has 0 heterocycles. The third-order valence-corrected chi connectivity index (χ3v) is 3.30.